The molecule has 0 bridgehead atoms. The van der Waals surface area contributed by atoms with E-state index >= 15 is 0 Å². The molecule has 1 saturated carbocycles. The Morgan fingerprint density at radius 3 is 2.84 bits per heavy atom. The van der Waals surface area contributed by atoms with Crippen molar-refractivity contribution in [1.82, 2.24) is 5.32 Å². The fourth-order valence-corrected chi connectivity index (χ4v) is 3.33. The minimum Gasteiger partial charge on any atom is -0.394 e. The van der Waals surface area contributed by atoms with Crippen molar-refractivity contribution in [1.29, 1.82) is 0 Å². The molecule has 0 spiro atoms. The quantitative estimate of drug-likeness (QED) is 0.892. The highest BCUT2D eigenvalue weighted by Crippen LogP contribution is 2.41. The van der Waals surface area contributed by atoms with Crippen molar-refractivity contribution in [3.63, 3.8) is 0 Å². The van der Waals surface area contributed by atoms with E-state index in [9.17, 15) is 18.3 Å². The Morgan fingerprint density at radius 1 is 1.47 bits per heavy atom. The van der Waals surface area contributed by atoms with E-state index < -0.39 is 17.6 Å². The van der Waals surface area contributed by atoms with Crippen LogP contribution in [0.1, 0.15) is 30.6 Å². The summed E-state index contributed by atoms with van der Waals surface area (Å²) in [5.41, 5.74) is -0.789. The lowest BCUT2D eigenvalue weighted by atomic mass is 9.75. The third kappa shape index (κ3) is 3.70. The van der Waals surface area contributed by atoms with E-state index in [0.29, 0.717) is 19.4 Å². The van der Waals surface area contributed by atoms with Gasteiger partial charge in [0.25, 0.3) is 0 Å². The van der Waals surface area contributed by atoms with Crippen molar-refractivity contribution in [3.05, 3.63) is 22.4 Å². The van der Waals surface area contributed by atoms with Crippen LogP contribution in [0.2, 0.25) is 0 Å². The molecule has 0 saturated heterocycles. The third-order valence-corrected chi connectivity index (χ3v) is 4.70. The van der Waals surface area contributed by atoms with Gasteiger partial charge in [-0.25, -0.2) is 0 Å². The molecule has 0 amide bonds. The Hall–Kier alpha value is -0.590. The van der Waals surface area contributed by atoms with Crippen LogP contribution in [-0.2, 0) is 6.54 Å². The average molecular weight is 293 g/mol. The number of aliphatic hydroxyl groups is 1. The summed E-state index contributed by atoms with van der Waals surface area (Å²) in [7, 11) is 0. The van der Waals surface area contributed by atoms with Crippen LogP contribution in [0.5, 0.6) is 0 Å². The zero-order valence-corrected chi connectivity index (χ0v) is 11.4. The number of hydrogen-bond donors (Lipinski definition) is 2. The lowest BCUT2D eigenvalue weighted by Crippen LogP contribution is -2.53. The third-order valence-electron chi connectivity index (χ3n) is 3.83. The molecule has 2 unspecified atom stereocenters. The van der Waals surface area contributed by atoms with Gasteiger partial charge in [-0.3, -0.25) is 0 Å². The maximum atomic E-state index is 12.8. The molecule has 2 atom stereocenters. The monoisotopic (exact) mass is 293 g/mol. The number of halogens is 3. The SMILES string of the molecule is OCC1(NCc2cccs2)CCCC(C(F)(F)F)C1. The predicted molar refractivity (Wildman–Crippen MR) is 69.0 cm³/mol. The van der Waals surface area contributed by atoms with E-state index in [2.05, 4.69) is 5.32 Å². The molecule has 2 rings (SSSR count). The van der Waals surface area contributed by atoms with Crippen molar-refractivity contribution < 1.29 is 18.3 Å². The molecular formula is C13H18F3NOS. The minimum atomic E-state index is -4.16. The molecule has 0 aliphatic heterocycles. The summed E-state index contributed by atoms with van der Waals surface area (Å²) >= 11 is 1.56. The van der Waals surface area contributed by atoms with Crippen LogP contribution in [0.4, 0.5) is 13.2 Å². The molecule has 6 heteroatoms. The molecular weight excluding hydrogens is 275 g/mol. The number of nitrogens with one attached hydrogen (secondary N) is 1. The zero-order chi connectivity index (χ0) is 13.9. The van der Waals surface area contributed by atoms with E-state index in [-0.39, 0.29) is 19.4 Å². The van der Waals surface area contributed by atoms with Gasteiger partial charge in [-0.2, -0.15) is 13.2 Å². The van der Waals surface area contributed by atoms with Crippen LogP contribution < -0.4 is 5.32 Å². The molecule has 2 nitrogen and oxygen atoms in total. The Kier molecular flexibility index (Phi) is 4.53. The molecule has 19 heavy (non-hydrogen) atoms. The van der Waals surface area contributed by atoms with Crippen molar-refractivity contribution in [2.75, 3.05) is 6.61 Å². The van der Waals surface area contributed by atoms with Gasteiger partial charge < -0.3 is 10.4 Å². The van der Waals surface area contributed by atoms with Gasteiger partial charge in [0.05, 0.1) is 12.5 Å². The minimum absolute atomic E-state index is 0.0294. The number of hydrogen-bond acceptors (Lipinski definition) is 3. The summed E-state index contributed by atoms with van der Waals surface area (Å²) in [5, 5.41) is 14.6. The largest absolute Gasteiger partial charge is 0.394 e. The fourth-order valence-electron chi connectivity index (χ4n) is 2.69. The molecule has 1 aliphatic rings. The number of aliphatic hydroxyl groups excluding tert-OH is 1. The van der Waals surface area contributed by atoms with Crippen LogP contribution >= 0.6 is 11.3 Å². The highest BCUT2D eigenvalue weighted by molar-refractivity contribution is 7.09. The van der Waals surface area contributed by atoms with Crippen LogP contribution in [0.3, 0.4) is 0 Å². The van der Waals surface area contributed by atoms with E-state index in [1.165, 1.54) is 0 Å². The first-order chi connectivity index (χ1) is 8.95. The fraction of sp³-hybridized carbons (Fsp3) is 0.692. The Labute approximate surface area is 114 Å². The number of thiophene rings is 1. The number of alkyl halides is 3. The summed E-state index contributed by atoms with van der Waals surface area (Å²) in [6, 6.07) is 3.85. The van der Waals surface area contributed by atoms with Crippen LogP contribution in [0.25, 0.3) is 0 Å². The predicted octanol–water partition coefficient (Wildman–Crippen LogP) is 3.32. The van der Waals surface area contributed by atoms with Crippen molar-refractivity contribution in [2.24, 2.45) is 5.92 Å². The van der Waals surface area contributed by atoms with Gasteiger partial charge in [0.1, 0.15) is 0 Å². The summed E-state index contributed by atoms with van der Waals surface area (Å²) in [5.74, 6) is -1.30. The van der Waals surface area contributed by atoms with Crippen LogP contribution in [0, 0.1) is 5.92 Å². The van der Waals surface area contributed by atoms with Gasteiger partial charge in [-0.1, -0.05) is 12.5 Å². The summed E-state index contributed by atoms with van der Waals surface area (Å²) < 4.78 is 38.5. The normalized spacial score (nSPS) is 28.5. The lowest BCUT2D eigenvalue weighted by molar-refractivity contribution is -0.190. The summed E-state index contributed by atoms with van der Waals surface area (Å²) in [6.07, 6.45) is -2.92. The smallest absolute Gasteiger partial charge is 0.391 e. The topological polar surface area (TPSA) is 32.3 Å². The van der Waals surface area contributed by atoms with Gasteiger partial charge in [-0.15, -0.1) is 11.3 Å². The first-order valence-electron chi connectivity index (χ1n) is 6.40. The van der Waals surface area contributed by atoms with E-state index in [1.54, 1.807) is 11.3 Å². The van der Waals surface area contributed by atoms with Crippen molar-refractivity contribution >= 4 is 11.3 Å². The molecule has 0 radical (unpaired) electrons. The second-order valence-corrected chi connectivity index (χ2v) is 6.24. The Balaban J connectivity index is 2.00. The van der Waals surface area contributed by atoms with Crippen molar-refractivity contribution in [3.8, 4) is 0 Å². The highest BCUT2D eigenvalue weighted by atomic mass is 32.1. The van der Waals surface area contributed by atoms with E-state index in [4.69, 9.17) is 0 Å². The summed E-state index contributed by atoms with van der Waals surface area (Å²) in [4.78, 5) is 1.07. The maximum Gasteiger partial charge on any atom is 0.391 e. The first kappa shape index (κ1) is 14.8. The van der Waals surface area contributed by atoms with Gasteiger partial charge in [0, 0.05) is 17.0 Å². The zero-order valence-electron chi connectivity index (χ0n) is 10.5. The first-order valence-corrected chi connectivity index (χ1v) is 7.28. The van der Waals surface area contributed by atoms with E-state index in [1.807, 2.05) is 17.5 Å². The molecule has 1 aromatic rings. The maximum absolute atomic E-state index is 12.8. The van der Waals surface area contributed by atoms with Crippen LogP contribution in [0.15, 0.2) is 17.5 Å². The van der Waals surface area contributed by atoms with Crippen molar-refractivity contribution in [2.45, 2.75) is 43.9 Å². The average Bonchev–Trinajstić information content (AvgIpc) is 2.89. The van der Waals surface area contributed by atoms with E-state index in [0.717, 1.165) is 4.88 Å². The molecule has 0 aromatic carbocycles. The summed E-state index contributed by atoms with van der Waals surface area (Å²) in [6.45, 7) is 0.272. The molecule has 2 N–H and O–H groups in total. The lowest BCUT2D eigenvalue weighted by Gasteiger charge is -2.41. The second kappa shape index (κ2) is 5.81. The van der Waals surface area contributed by atoms with Gasteiger partial charge >= 0.3 is 6.18 Å². The Morgan fingerprint density at radius 2 is 2.26 bits per heavy atom. The second-order valence-electron chi connectivity index (χ2n) is 5.21. The van der Waals surface area contributed by atoms with Gasteiger partial charge in [0.15, 0.2) is 0 Å². The van der Waals surface area contributed by atoms with Gasteiger partial charge in [0.2, 0.25) is 0 Å². The van der Waals surface area contributed by atoms with Gasteiger partial charge in [-0.05, 0) is 30.7 Å². The standard InChI is InChI=1S/C13H18F3NOS/c14-13(15,16)10-3-1-5-12(7-10,9-18)17-8-11-4-2-6-19-11/h2,4,6,10,17-18H,1,3,5,7-9H2. The number of rotatable bonds is 4. The highest BCUT2D eigenvalue weighted by Gasteiger charge is 2.47. The molecule has 108 valence electrons. The Bertz CT molecular complexity index is 393. The van der Waals surface area contributed by atoms with Crippen LogP contribution in [-0.4, -0.2) is 23.4 Å². The molecule has 1 heterocycles. The molecule has 1 fully saturated rings. The molecule has 1 aromatic heterocycles. The molecule has 1 aliphatic carbocycles.